The van der Waals surface area contributed by atoms with Crippen molar-refractivity contribution in [1.29, 1.82) is 0 Å². The van der Waals surface area contributed by atoms with Crippen molar-refractivity contribution in [3.05, 3.63) is 40.4 Å². The number of nitrogens with zero attached hydrogens (tertiary/aromatic N) is 2. The van der Waals surface area contributed by atoms with E-state index in [2.05, 4.69) is 10.3 Å². The molecule has 0 saturated heterocycles. The van der Waals surface area contributed by atoms with E-state index in [4.69, 9.17) is 9.47 Å². The molecule has 24 heavy (non-hydrogen) atoms. The molecule has 3 rings (SSSR count). The molecule has 1 N–H and O–H groups in total. The van der Waals surface area contributed by atoms with E-state index in [0.717, 1.165) is 10.6 Å². The Bertz CT molecular complexity index is 757. The number of rotatable bonds is 3. The highest BCUT2D eigenvalue weighted by molar-refractivity contribution is 7.15. The third kappa shape index (κ3) is 3.33. The van der Waals surface area contributed by atoms with Gasteiger partial charge in [-0.1, -0.05) is 11.3 Å². The average molecular weight is 347 g/mol. The van der Waals surface area contributed by atoms with Crippen LogP contribution in [0.4, 0.5) is 9.93 Å². The number of aromatic nitrogens is 1. The first-order valence-corrected chi connectivity index (χ1v) is 8.19. The van der Waals surface area contributed by atoms with Crippen molar-refractivity contribution in [3.63, 3.8) is 0 Å². The summed E-state index contributed by atoms with van der Waals surface area (Å²) >= 11 is 1.38. The van der Waals surface area contributed by atoms with Gasteiger partial charge < -0.3 is 14.4 Å². The fraction of sp³-hybridized carbons (Fsp3) is 0.312. The molecule has 7 nitrogen and oxygen atoms in total. The Hall–Kier alpha value is -2.61. The standard InChI is InChI=1S/C16H17N3O4S/c1-22-11-5-3-10(4-6-11)14(20)18-15-17-12-7-8-19(16(21)23-2)9-13(12)24-15/h3-6H,7-9H2,1-2H3,(H,17,18,20). The number of carbonyl (C=O) groups is 2. The third-order valence-corrected chi connectivity index (χ3v) is 4.73. The highest BCUT2D eigenvalue weighted by atomic mass is 32.1. The fourth-order valence-electron chi connectivity index (χ4n) is 2.45. The first-order chi connectivity index (χ1) is 11.6. The lowest BCUT2D eigenvalue weighted by Crippen LogP contribution is -2.35. The Balaban J connectivity index is 1.69. The fourth-order valence-corrected chi connectivity index (χ4v) is 3.46. The zero-order valence-corrected chi connectivity index (χ0v) is 14.2. The lowest BCUT2D eigenvalue weighted by atomic mass is 10.2. The molecule has 0 saturated carbocycles. The minimum atomic E-state index is -0.349. The maximum Gasteiger partial charge on any atom is 0.409 e. The number of hydrogen-bond donors (Lipinski definition) is 1. The number of thiazole rings is 1. The molecule has 1 aliphatic heterocycles. The lowest BCUT2D eigenvalue weighted by molar-refractivity contribution is 0.102. The van der Waals surface area contributed by atoms with Crippen LogP contribution >= 0.6 is 11.3 Å². The van der Waals surface area contributed by atoms with E-state index in [1.165, 1.54) is 18.4 Å². The van der Waals surface area contributed by atoms with Crippen LogP contribution in [0.25, 0.3) is 0 Å². The summed E-state index contributed by atoms with van der Waals surface area (Å²) < 4.78 is 9.82. The van der Waals surface area contributed by atoms with Crippen LogP contribution in [0.15, 0.2) is 24.3 Å². The Morgan fingerprint density at radius 1 is 1.25 bits per heavy atom. The van der Waals surface area contributed by atoms with Crippen LogP contribution in [-0.2, 0) is 17.7 Å². The maximum absolute atomic E-state index is 12.3. The summed E-state index contributed by atoms with van der Waals surface area (Å²) in [6.07, 6.45) is 0.303. The van der Waals surface area contributed by atoms with E-state index in [1.54, 1.807) is 36.3 Å². The van der Waals surface area contributed by atoms with E-state index >= 15 is 0 Å². The van der Waals surface area contributed by atoms with Crippen LogP contribution < -0.4 is 10.1 Å². The van der Waals surface area contributed by atoms with Crippen LogP contribution in [0.1, 0.15) is 20.9 Å². The SMILES string of the molecule is COC(=O)N1CCc2nc(NC(=O)c3ccc(OC)cc3)sc2C1. The molecule has 0 fully saturated rings. The number of benzene rings is 1. The van der Waals surface area contributed by atoms with E-state index in [1.807, 2.05) is 0 Å². The summed E-state index contributed by atoms with van der Waals surface area (Å²) in [6.45, 7) is 1.02. The molecular formula is C16H17N3O4S. The molecular weight excluding hydrogens is 330 g/mol. The van der Waals surface area contributed by atoms with Crippen LogP contribution in [0.3, 0.4) is 0 Å². The monoisotopic (exact) mass is 347 g/mol. The molecule has 2 heterocycles. The van der Waals surface area contributed by atoms with Crippen LogP contribution in [0.5, 0.6) is 5.75 Å². The first-order valence-electron chi connectivity index (χ1n) is 7.37. The molecule has 0 unspecified atom stereocenters. The average Bonchev–Trinajstić information content (AvgIpc) is 3.02. The van der Waals surface area contributed by atoms with Gasteiger partial charge in [0.1, 0.15) is 5.75 Å². The van der Waals surface area contributed by atoms with Crippen LogP contribution in [0.2, 0.25) is 0 Å². The molecule has 1 aromatic heterocycles. The Morgan fingerprint density at radius 3 is 2.67 bits per heavy atom. The molecule has 0 atom stereocenters. The van der Waals surface area contributed by atoms with Gasteiger partial charge >= 0.3 is 6.09 Å². The lowest BCUT2D eigenvalue weighted by Gasteiger charge is -2.24. The van der Waals surface area contributed by atoms with Crippen LogP contribution in [0, 0.1) is 0 Å². The second kappa shape index (κ2) is 6.88. The van der Waals surface area contributed by atoms with Gasteiger partial charge in [0.15, 0.2) is 5.13 Å². The van der Waals surface area contributed by atoms with Gasteiger partial charge in [-0.3, -0.25) is 10.1 Å². The number of fused-ring (bicyclic) bond motifs is 1. The topological polar surface area (TPSA) is 80.8 Å². The maximum atomic E-state index is 12.3. The van der Waals surface area contributed by atoms with Gasteiger partial charge in [-0.15, -0.1) is 0 Å². The zero-order valence-electron chi connectivity index (χ0n) is 13.4. The number of anilines is 1. The Morgan fingerprint density at radius 2 is 2.00 bits per heavy atom. The van der Waals surface area contributed by atoms with Crippen molar-refractivity contribution < 1.29 is 19.1 Å². The van der Waals surface area contributed by atoms with Gasteiger partial charge in [0.25, 0.3) is 5.91 Å². The Kier molecular flexibility index (Phi) is 4.66. The summed E-state index contributed by atoms with van der Waals surface area (Å²) in [5, 5.41) is 3.34. The van der Waals surface area contributed by atoms with Gasteiger partial charge in [-0.2, -0.15) is 0 Å². The van der Waals surface area contributed by atoms with E-state index < -0.39 is 0 Å². The highest BCUT2D eigenvalue weighted by Crippen LogP contribution is 2.29. The van der Waals surface area contributed by atoms with Crippen LogP contribution in [-0.4, -0.2) is 42.6 Å². The Labute approximate surface area is 143 Å². The highest BCUT2D eigenvalue weighted by Gasteiger charge is 2.25. The molecule has 1 aliphatic rings. The molecule has 0 aliphatic carbocycles. The third-order valence-electron chi connectivity index (χ3n) is 3.74. The normalized spacial score (nSPS) is 13.2. The number of carbonyl (C=O) groups excluding carboxylic acids is 2. The molecule has 8 heteroatoms. The minimum absolute atomic E-state index is 0.228. The number of methoxy groups -OCH3 is 2. The summed E-state index contributed by atoms with van der Waals surface area (Å²) in [7, 11) is 2.94. The van der Waals surface area contributed by atoms with Gasteiger partial charge in [0.05, 0.1) is 26.5 Å². The van der Waals surface area contributed by atoms with Crippen molar-refractivity contribution in [2.24, 2.45) is 0 Å². The summed E-state index contributed by atoms with van der Waals surface area (Å²) in [6, 6.07) is 6.85. The quantitative estimate of drug-likeness (QED) is 0.923. The van der Waals surface area contributed by atoms with Gasteiger partial charge in [-0.05, 0) is 24.3 Å². The van der Waals surface area contributed by atoms with Crippen molar-refractivity contribution in [3.8, 4) is 5.75 Å². The molecule has 2 aromatic rings. The van der Waals surface area contributed by atoms with Crippen molar-refractivity contribution in [2.75, 3.05) is 26.1 Å². The predicted molar refractivity (Wildman–Crippen MR) is 89.6 cm³/mol. The van der Waals surface area contributed by atoms with Crippen molar-refractivity contribution in [2.45, 2.75) is 13.0 Å². The smallest absolute Gasteiger partial charge is 0.409 e. The summed E-state index contributed by atoms with van der Waals surface area (Å²) in [5.41, 5.74) is 1.45. The second-order valence-electron chi connectivity index (χ2n) is 5.21. The largest absolute Gasteiger partial charge is 0.497 e. The molecule has 0 spiro atoms. The van der Waals surface area contributed by atoms with E-state index in [-0.39, 0.29) is 12.0 Å². The molecule has 0 radical (unpaired) electrons. The van der Waals surface area contributed by atoms with Crippen molar-refractivity contribution in [1.82, 2.24) is 9.88 Å². The van der Waals surface area contributed by atoms with Gasteiger partial charge in [0, 0.05) is 23.4 Å². The summed E-state index contributed by atoms with van der Waals surface area (Å²) in [4.78, 5) is 30.9. The van der Waals surface area contributed by atoms with E-state index in [0.29, 0.717) is 36.0 Å². The molecule has 126 valence electrons. The first kappa shape index (κ1) is 16.3. The number of hydrogen-bond acceptors (Lipinski definition) is 6. The number of ether oxygens (including phenoxy) is 2. The number of amides is 2. The minimum Gasteiger partial charge on any atom is -0.497 e. The molecule has 1 aromatic carbocycles. The zero-order chi connectivity index (χ0) is 17.1. The molecule has 2 amide bonds. The van der Waals surface area contributed by atoms with Gasteiger partial charge in [-0.25, -0.2) is 9.78 Å². The number of nitrogens with one attached hydrogen (secondary N) is 1. The summed E-state index contributed by atoms with van der Waals surface area (Å²) in [5.74, 6) is 0.465. The second-order valence-corrected chi connectivity index (χ2v) is 6.30. The predicted octanol–water partition coefficient (Wildman–Crippen LogP) is 2.53. The molecule has 0 bridgehead atoms. The van der Waals surface area contributed by atoms with E-state index in [9.17, 15) is 9.59 Å². The van der Waals surface area contributed by atoms with Crippen molar-refractivity contribution >= 4 is 28.5 Å². The van der Waals surface area contributed by atoms with Gasteiger partial charge in [0.2, 0.25) is 0 Å².